The molecule has 28 heavy (non-hydrogen) atoms. The molecule has 0 aliphatic carbocycles. The van der Waals surface area contributed by atoms with Crippen LogP contribution >= 0.6 is 11.6 Å². The third kappa shape index (κ3) is 4.84. The van der Waals surface area contributed by atoms with Gasteiger partial charge in [-0.25, -0.2) is 0 Å². The molecule has 2 amide bonds. The highest BCUT2D eigenvalue weighted by atomic mass is 35.5. The highest BCUT2D eigenvalue weighted by Crippen LogP contribution is 2.25. The van der Waals surface area contributed by atoms with Gasteiger partial charge in [0.05, 0.1) is 17.8 Å². The molecule has 1 aromatic heterocycles. The molecule has 3 rings (SSSR count). The van der Waals surface area contributed by atoms with Crippen molar-refractivity contribution >= 4 is 35.0 Å². The molecule has 1 aliphatic heterocycles. The Bertz CT molecular complexity index is 867. The summed E-state index contributed by atoms with van der Waals surface area (Å²) < 4.78 is 5.17. The largest absolute Gasteiger partial charge is 0.375 e. The van der Waals surface area contributed by atoms with Crippen LogP contribution in [0.4, 0.5) is 11.6 Å². The van der Waals surface area contributed by atoms with Gasteiger partial charge in [-0.05, 0) is 31.0 Å². The fourth-order valence-corrected chi connectivity index (χ4v) is 3.16. The summed E-state index contributed by atoms with van der Waals surface area (Å²) in [4.78, 5) is 26.8. The van der Waals surface area contributed by atoms with Crippen LogP contribution < -0.4 is 10.6 Å². The van der Waals surface area contributed by atoms with Crippen LogP contribution in [0.5, 0.6) is 0 Å². The molecule has 2 aromatic rings. The Balaban J connectivity index is 1.65. The van der Waals surface area contributed by atoms with Gasteiger partial charge in [-0.3, -0.25) is 14.9 Å². The Hall–Kier alpha value is -2.54. The van der Waals surface area contributed by atoms with Crippen LogP contribution in [0, 0.1) is 0 Å². The number of benzene rings is 1. The Morgan fingerprint density at radius 2 is 1.93 bits per heavy atom. The molecule has 2 N–H and O–H groups in total. The Labute approximate surface area is 169 Å². The molecular formula is C20H25ClN4O3. The molecule has 2 heterocycles. The monoisotopic (exact) mass is 404 g/mol. The number of hydrogen-bond acceptors (Lipinski definition) is 5. The van der Waals surface area contributed by atoms with Gasteiger partial charge in [0.2, 0.25) is 11.8 Å². The maximum atomic E-state index is 12.7. The quantitative estimate of drug-likeness (QED) is 0.788. The molecule has 150 valence electrons. The van der Waals surface area contributed by atoms with Crippen molar-refractivity contribution in [2.45, 2.75) is 39.0 Å². The standard InChI is InChI=1S/C20H25ClN4O3/c1-20(2,3)16-11-18(28-24-16)23-17(26)12-22-15-10-13(21)6-7-14(15)19(27)25-8-4-5-9-25/h6-7,10-11,22H,4-5,8-9,12H2,1-3H3,(H,23,26). The molecule has 1 saturated heterocycles. The number of halogens is 1. The number of aromatic nitrogens is 1. The molecule has 0 radical (unpaired) electrons. The predicted octanol–water partition coefficient (Wildman–Crippen LogP) is 3.91. The number of nitrogens with one attached hydrogen (secondary N) is 2. The second-order valence-corrected chi connectivity index (χ2v) is 8.35. The van der Waals surface area contributed by atoms with Crippen molar-refractivity contribution in [3.05, 3.63) is 40.5 Å². The first-order chi connectivity index (χ1) is 13.2. The first kappa shape index (κ1) is 20.2. The zero-order chi connectivity index (χ0) is 20.3. The van der Waals surface area contributed by atoms with E-state index in [9.17, 15) is 9.59 Å². The highest BCUT2D eigenvalue weighted by molar-refractivity contribution is 6.31. The van der Waals surface area contributed by atoms with Crippen LogP contribution in [0.25, 0.3) is 0 Å². The minimum Gasteiger partial charge on any atom is -0.375 e. The van der Waals surface area contributed by atoms with Crippen molar-refractivity contribution in [1.82, 2.24) is 10.1 Å². The summed E-state index contributed by atoms with van der Waals surface area (Å²) in [6.07, 6.45) is 2.02. The molecule has 0 saturated carbocycles. The first-order valence-corrected chi connectivity index (χ1v) is 9.71. The molecule has 7 nitrogen and oxygen atoms in total. The van der Waals surface area contributed by atoms with Crippen LogP contribution in [-0.2, 0) is 10.2 Å². The van der Waals surface area contributed by atoms with E-state index in [1.165, 1.54) is 0 Å². The van der Waals surface area contributed by atoms with Gasteiger partial charge in [0, 0.05) is 35.3 Å². The van der Waals surface area contributed by atoms with E-state index in [0.717, 1.165) is 31.6 Å². The van der Waals surface area contributed by atoms with Gasteiger partial charge in [-0.1, -0.05) is 37.5 Å². The topological polar surface area (TPSA) is 87.5 Å². The van der Waals surface area contributed by atoms with Crippen LogP contribution in [-0.4, -0.2) is 41.5 Å². The van der Waals surface area contributed by atoms with E-state index in [1.807, 2.05) is 25.7 Å². The number of carbonyl (C=O) groups excluding carboxylic acids is 2. The minimum absolute atomic E-state index is 0.0355. The number of carbonyl (C=O) groups is 2. The molecular weight excluding hydrogens is 380 g/mol. The zero-order valence-electron chi connectivity index (χ0n) is 16.3. The van der Waals surface area contributed by atoms with Crippen molar-refractivity contribution in [1.29, 1.82) is 0 Å². The molecule has 0 atom stereocenters. The van der Waals surface area contributed by atoms with Crippen LogP contribution in [0.3, 0.4) is 0 Å². The second kappa shape index (κ2) is 8.22. The van der Waals surface area contributed by atoms with E-state index in [0.29, 0.717) is 16.3 Å². The zero-order valence-corrected chi connectivity index (χ0v) is 17.1. The third-order valence-electron chi connectivity index (χ3n) is 4.59. The van der Waals surface area contributed by atoms with Gasteiger partial charge in [0.1, 0.15) is 0 Å². The SMILES string of the molecule is CC(C)(C)c1cc(NC(=O)CNc2cc(Cl)ccc2C(=O)N2CCCC2)on1. The fourth-order valence-electron chi connectivity index (χ4n) is 2.98. The molecule has 8 heteroatoms. The summed E-state index contributed by atoms with van der Waals surface area (Å²) in [6.45, 7) is 7.50. The summed E-state index contributed by atoms with van der Waals surface area (Å²) in [5.41, 5.74) is 1.63. The lowest BCUT2D eigenvalue weighted by atomic mass is 9.92. The van der Waals surface area contributed by atoms with E-state index < -0.39 is 0 Å². The Morgan fingerprint density at radius 1 is 1.21 bits per heavy atom. The maximum absolute atomic E-state index is 12.7. The molecule has 0 bridgehead atoms. The van der Waals surface area contributed by atoms with Crippen molar-refractivity contribution in [2.75, 3.05) is 30.3 Å². The van der Waals surface area contributed by atoms with Crippen LogP contribution in [0.2, 0.25) is 5.02 Å². The summed E-state index contributed by atoms with van der Waals surface area (Å²) >= 11 is 6.08. The summed E-state index contributed by atoms with van der Waals surface area (Å²) in [5, 5.41) is 10.1. The van der Waals surface area contributed by atoms with Crippen molar-refractivity contribution in [3.63, 3.8) is 0 Å². The van der Waals surface area contributed by atoms with Gasteiger partial charge in [-0.15, -0.1) is 0 Å². The maximum Gasteiger partial charge on any atom is 0.255 e. The van der Waals surface area contributed by atoms with Crippen molar-refractivity contribution in [2.24, 2.45) is 0 Å². The molecule has 1 aliphatic rings. The van der Waals surface area contributed by atoms with E-state index >= 15 is 0 Å². The highest BCUT2D eigenvalue weighted by Gasteiger charge is 2.23. The Kier molecular flexibility index (Phi) is 5.93. The van der Waals surface area contributed by atoms with Crippen molar-refractivity contribution < 1.29 is 14.1 Å². The molecule has 0 unspecified atom stereocenters. The minimum atomic E-state index is -0.309. The smallest absolute Gasteiger partial charge is 0.255 e. The molecule has 1 aromatic carbocycles. The molecule has 1 fully saturated rings. The Morgan fingerprint density at radius 3 is 2.57 bits per heavy atom. The summed E-state index contributed by atoms with van der Waals surface area (Å²) in [6, 6.07) is 6.73. The average molecular weight is 405 g/mol. The van der Waals surface area contributed by atoms with E-state index in [4.69, 9.17) is 16.1 Å². The average Bonchev–Trinajstić information content (AvgIpc) is 3.31. The van der Waals surface area contributed by atoms with Gasteiger partial charge in [0.15, 0.2) is 0 Å². The molecule has 0 spiro atoms. The first-order valence-electron chi connectivity index (χ1n) is 9.34. The van der Waals surface area contributed by atoms with Crippen LogP contribution in [0.15, 0.2) is 28.8 Å². The number of nitrogens with zero attached hydrogens (tertiary/aromatic N) is 2. The normalized spacial score (nSPS) is 14.2. The lowest BCUT2D eigenvalue weighted by molar-refractivity contribution is -0.114. The van der Waals surface area contributed by atoms with Gasteiger partial charge >= 0.3 is 0 Å². The number of anilines is 2. The van der Waals surface area contributed by atoms with Crippen molar-refractivity contribution in [3.8, 4) is 0 Å². The van der Waals surface area contributed by atoms with Crippen LogP contribution in [0.1, 0.15) is 49.7 Å². The van der Waals surface area contributed by atoms with Gasteiger partial charge in [-0.2, -0.15) is 0 Å². The lowest BCUT2D eigenvalue weighted by Crippen LogP contribution is -2.29. The lowest BCUT2D eigenvalue weighted by Gasteiger charge is -2.18. The van der Waals surface area contributed by atoms with Gasteiger partial charge < -0.3 is 14.7 Å². The third-order valence-corrected chi connectivity index (χ3v) is 4.82. The summed E-state index contributed by atoms with van der Waals surface area (Å²) in [5.74, 6) is -0.0746. The summed E-state index contributed by atoms with van der Waals surface area (Å²) in [7, 11) is 0. The number of likely N-dealkylation sites (tertiary alicyclic amines) is 1. The predicted molar refractivity (Wildman–Crippen MR) is 109 cm³/mol. The second-order valence-electron chi connectivity index (χ2n) is 7.92. The fraction of sp³-hybridized carbons (Fsp3) is 0.450. The van der Waals surface area contributed by atoms with E-state index in [2.05, 4.69) is 15.8 Å². The van der Waals surface area contributed by atoms with E-state index in [1.54, 1.807) is 24.3 Å². The number of hydrogen-bond donors (Lipinski definition) is 2. The number of rotatable bonds is 5. The van der Waals surface area contributed by atoms with Gasteiger partial charge in [0.25, 0.3) is 5.91 Å². The number of amides is 2. The van der Waals surface area contributed by atoms with E-state index in [-0.39, 0.29) is 29.7 Å².